The van der Waals surface area contributed by atoms with Crippen molar-refractivity contribution in [3.8, 4) is 0 Å². The van der Waals surface area contributed by atoms with E-state index in [-0.39, 0.29) is 6.42 Å². The van der Waals surface area contributed by atoms with E-state index in [9.17, 15) is 24.9 Å². The lowest BCUT2D eigenvalue weighted by Crippen LogP contribution is -2.61. The van der Waals surface area contributed by atoms with E-state index >= 15 is 0 Å². The zero-order valence-electron chi connectivity index (χ0n) is 9.26. The molecule has 3 amide bonds. The van der Waals surface area contributed by atoms with Crippen molar-refractivity contribution < 1.29 is 34.8 Å². The number of aliphatic hydroxyl groups excluding tert-OH is 4. The maximum atomic E-state index is 11.5. The van der Waals surface area contributed by atoms with E-state index in [4.69, 9.17) is 9.84 Å². The molecular weight excluding hydrogens is 248 g/mol. The smallest absolute Gasteiger partial charge is 0.328 e. The van der Waals surface area contributed by atoms with Gasteiger partial charge in [0.15, 0.2) is 6.23 Å². The molecule has 0 saturated carbocycles. The number of aliphatic hydroxyl groups is 4. The zero-order chi connectivity index (χ0) is 13.4. The molecule has 5 N–H and O–H groups in total. The molecule has 9 heteroatoms. The minimum atomic E-state index is -1.48. The summed E-state index contributed by atoms with van der Waals surface area (Å²) < 4.78 is 5.09. The van der Waals surface area contributed by atoms with Gasteiger partial charge in [0.25, 0.3) is 0 Å². The highest BCUT2D eigenvalue weighted by molar-refractivity contribution is 5.97. The molecule has 18 heavy (non-hydrogen) atoms. The van der Waals surface area contributed by atoms with Gasteiger partial charge in [-0.15, -0.1) is 0 Å². The fourth-order valence-electron chi connectivity index (χ4n) is 2.03. The molecule has 5 atom stereocenters. The lowest BCUT2D eigenvalue weighted by molar-refractivity contribution is -0.150. The van der Waals surface area contributed by atoms with E-state index in [2.05, 4.69) is 0 Å². The molecule has 0 aliphatic carbocycles. The number of carbonyl (C=O) groups is 2. The van der Waals surface area contributed by atoms with Gasteiger partial charge in [-0.2, -0.15) is 0 Å². The number of hydrogen-bond donors (Lipinski definition) is 5. The molecule has 0 aromatic rings. The summed E-state index contributed by atoms with van der Waals surface area (Å²) in [6, 6.07) is -0.923. The number of nitrogens with zero attached hydrogens (tertiary/aromatic N) is 1. The Bertz CT molecular complexity index is 363. The molecule has 9 nitrogen and oxygen atoms in total. The Morgan fingerprint density at radius 3 is 2.44 bits per heavy atom. The summed E-state index contributed by atoms with van der Waals surface area (Å²) in [6.45, 7) is -0.542. The van der Waals surface area contributed by atoms with Gasteiger partial charge >= 0.3 is 6.03 Å². The second-order valence-electron chi connectivity index (χ2n) is 4.17. The van der Waals surface area contributed by atoms with Gasteiger partial charge in [0, 0.05) is 0 Å². The highest BCUT2D eigenvalue weighted by atomic mass is 16.6. The lowest BCUT2D eigenvalue weighted by atomic mass is 10.1. The first-order chi connectivity index (χ1) is 8.45. The summed E-state index contributed by atoms with van der Waals surface area (Å²) in [5, 5.41) is 39.8. The summed E-state index contributed by atoms with van der Waals surface area (Å²) >= 11 is 0. The number of nitrogens with one attached hydrogen (secondary N) is 1. The molecule has 102 valence electrons. The van der Waals surface area contributed by atoms with Gasteiger partial charge in [-0.25, -0.2) is 4.79 Å². The van der Waals surface area contributed by atoms with Crippen LogP contribution in [0.5, 0.6) is 0 Å². The SMILES string of the molecule is O=C1CC(O)N([C@@H]2O[C@H](CO)[C@@H](O)[C@H]2O)C(=O)N1. The Balaban J connectivity index is 2.16. The number of hydrogen-bond acceptors (Lipinski definition) is 7. The Morgan fingerprint density at radius 1 is 1.28 bits per heavy atom. The van der Waals surface area contributed by atoms with Crippen LogP contribution in [0.15, 0.2) is 0 Å². The normalized spacial score (nSPS) is 41.1. The molecule has 1 unspecified atom stereocenters. The molecule has 0 spiro atoms. The molecule has 0 aromatic carbocycles. The molecular formula is C9H14N2O7. The van der Waals surface area contributed by atoms with E-state index < -0.39 is 49.3 Å². The van der Waals surface area contributed by atoms with Gasteiger partial charge in [-0.1, -0.05) is 0 Å². The summed E-state index contributed by atoms with van der Waals surface area (Å²) in [4.78, 5) is 23.3. The number of imide groups is 1. The Morgan fingerprint density at radius 2 is 1.94 bits per heavy atom. The molecule has 0 bridgehead atoms. The van der Waals surface area contributed by atoms with Crippen molar-refractivity contribution in [2.24, 2.45) is 0 Å². The van der Waals surface area contributed by atoms with Crippen LogP contribution in [-0.4, -0.2) is 74.6 Å². The van der Waals surface area contributed by atoms with Crippen molar-refractivity contribution in [1.82, 2.24) is 10.2 Å². The molecule has 2 aliphatic heterocycles. The average molecular weight is 262 g/mol. The van der Waals surface area contributed by atoms with E-state index in [1.165, 1.54) is 0 Å². The fourth-order valence-corrected chi connectivity index (χ4v) is 2.03. The van der Waals surface area contributed by atoms with Gasteiger partial charge < -0.3 is 25.2 Å². The number of amides is 3. The number of urea groups is 1. The minimum absolute atomic E-state index is 0.349. The van der Waals surface area contributed by atoms with Crippen LogP contribution >= 0.6 is 0 Å². The van der Waals surface area contributed by atoms with Crippen LogP contribution in [0.2, 0.25) is 0 Å². The highest BCUT2D eigenvalue weighted by Gasteiger charge is 2.49. The molecule has 0 radical (unpaired) electrons. The number of carbonyl (C=O) groups excluding carboxylic acids is 2. The van der Waals surface area contributed by atoms with Crippen LogP contribution in [0, 0.1) is 0 Å². The Kier molecular flexibility index (Phi) is 3.50. The van der Waals surface area contributed by atoms with Gasteiger partial charge in [-0.05, 0) is 0 Å². The molecule has 2 aliphatic rings. The van der Waals surface area contributed by atoms with Gasteiger partial charge in [0.1, 0.15) is 24.5 Å². The van der Waals surface area contributed by atoms with Gasteiger partial charge in [-0.3, -0.25) is 15.0 Å². The third kappa shape index (κ3) is 2.06. The van der Waals surface area contributed by atoms with Crippen LogP contribution < -0.4 is 5.32 Å². The molecule has 2 saturated heterocycles. The summed E-state index contributed by atoms with van der Waals surface area (Å²) in [7, 11) is 0. The van der Waals surface area contributed by atoms with Crippen LogP contribution in [0.3, 0.4) is 0 Å². The Hall–Kier alpha value is -1.26. The predicted molar refractivity (Wildman–Crippen MR) is 53.8 cm³/mol. The van der Waals surface area contributed by atoms with Crippen molar-refractivity contribution in [2.75, 3.05) is 6.61 Å². The van der Waals surface area contributed by atoms with Crippen molar-refractivity contribution >= 4 is 11.9 Å². The standard InChI is InChI=1S/C9H14N2O7/c12-2-3-6(15)7(16)8(18-3)11-5(14)1-4(13)10-9(11)17/h3,5-8,12,14-16H,1-2H2,(H,10,13,17)/t3-,5?,6-,7-,8-/m1/s1. The third-order valence-electron chi connectivity index (χ3n) is 2.96. The summed E-state index contributed by atoms with van der Waals surface area (Å²) in [5.74, 6) is -0.643. The topological polar surface area (TPSA) is 140 Å². The highest BCUT2D eigenvalue weighted by Crippen LogP contribution is 2.26. The minimum Gasteiger partial charge on any atom is -0.394 e. The maximum absolute atomic E-state index is 11.5. The van der Waals surface area contributed by atoms with E-state index in [1.54, 1.807) is 0 Å². The van der Waals surface area contributed by atoms with Crippen molar-refractivity contribution in [1.29, 1.82) is 0 Å². The predicted octanol–water partition coefficient (Wildman–Crippen LogP) is -3.31. The first-order valence-electron chi connectivity index (χ1n) is 5.38. The molecule has 2 fully saturated rings. The van der Waals surface area contributed by atoms with Gasteiger partial charge in [0.05, 0.1) is 13.0 Å². The second-order valence-corrected chi connectivity index (χ2v) is 4.17. The number of ether oxygens (including phenoxy) is 1. The van der Waals surface area contributed by atoms with Crippen LogP contribution in [0.1, 0.15) is 6.42 Å². The molecule has 0 aromatic heterocycles. The maximum Gasteiger partial charge on any atom is 0.328 e. The zero-order valence-corrected chi connectivity index (χ0v) is 9.26. The largest absolute Gasteiger partial charge is 0.394 e. The van der Waals surface area contributed by atoms with E-state index in [0.29, 0.717) is 0 Å². The van der Waals surface area contributed by atoms with Gasteiger partial charge in [0.2, 0.25) is 5.91 Å². The van der Waals surface area contributed by atoms with Crippen molar-refractivity contribution in [2.45, 2.75) is 37.2 Å². The quantitative estimate of drug-likeness (QED) is 0.351. The Labute approximate surface area is 102 Å². The number of rotatable bonds is 2. The van der Waals surface area contributed by atoms with Crippen LogP contribution in [0.25, 0.3) is 0 Å². The lowest BCUT2D eigenvalue weighted by Gasteiger charge is -2.36. The van der Waals surface area contributed by atoms with Crippen LogP contribution in [0.4, 0.5) is 4.79 Å². The second kappa shape index (κ2) is 4.78. The van der Waals surface area contributed by atoms with Crippen LogP contribution in [-0.2, 0) is 9.53 Å². The third-order valence-corrected chi connectivity index (χ3v) is 2.96. The summed E-state index contributed by atoms with van der Waals surface area (Å²) in [5.41, 5.74) is 0. The first-order valence-corrected chi connectivity index (χ1v) is 5.38. The van der Waals surface area contributed by atoms with Crippen molar-refractivity contribution in [3.63, 3.8) is 0 Å². The monoisotopic (exact) mass is 262 g/mol. The molecule has 2 heterocycles. The van der Waals surface area contributed by atoms with Crippen molar-refractivity contribution in [3.05, 3.63) is 0 Å². The molecule has 2 rings (SSSR count). The fraction of sp³-hybridized carbons (Fsp3) is 0.778. The van der Waals surface area contributed by atoms with E-state index in [0.717, 1.165) is 4.90 Å². The first kappa shape index (κ1) is 13.2. The summed E-state index contributed by atoms with van der Waals surface area (Å²) in [6.07, 6.45) is -7.02. The van der Waals surface area contributed by atoms with E-state index in [1.807, 2.05) is 5.32 Å². The average Bonchev–Trinajstić information content (AvgIpc) is 2.56.